The van der Waals surface area contributed by atoms with Crippen LogP contribution < -0.4 is 0 Å². The zero-order chi connectivity index (χ0) is 5.82. The third-order valence-electron chi connectivity index (χ3n) is 1.04. The molecule has 1 rings (SSSR count). The molecule has 42 valence electrons. The molecule has 0 nitrogen and oxygen atoms in total. The van der Waals surface area contributed by atoms with E-state index < -0.39 is 0 Å². The van der Waals surface area contributed by atoms with Crippen LogP contribution >= 0.6 is 0 Å². The molecule has 0 amide bonds. The molecule has 0 heterocycles. The van der Waals surface area contributed by atoms with Crippen molar-refractivity contribution in [3.05, 3.63) is 42.5 Å². The van der Waals surface area contributed by atoms with E-state index in [1.54, 1.807) is 0 Å². The van der Waals surface area contributed by atoms with Crippen molar-refractivity contribution >= 4 is 43.8 Å². The average molecular weight is 118 g/mol. The van der Waals surface area contributed by atoms with Crippen LogP contribution in [0.1, 0.15) is 5.56 Å². The van der Waals surface area contributed by atoms with Crippen molar-refractivity contribution in [2.24, 2.45) is 0 Å². The first-order valence-electron chi connectivity index (χ1n) is 2.61. The maximum atomic E-state index is 3.63. The van der Waals surface area contributed by atoms with Crippen LogP contribution in [-0.4, -0.2) is 37.7 Å². The second-order valence-corrected chi connectivity index (χ2v) is 1.61. The van der Waals surface area contributed by atoms with E-state index in [1.165, 1.54) is 5.56 Å². The number of rotatable bonds is 1. The molecule has 0 bridgehead atoms. The van der Waals surface area contributed by atoms with Crippen LogP contribution in [0.25, 0.3) is 6.08 Å². The van der Waals surface area contributed by atoms with Gasteiger partial charge in [0.25, 0.3) is 0 Å². The molecule has 2 radical (unpaired) electrons. The van der Waals surface area contributed by atoms with Gasteiger partial charge in [0.05, 0.1) is 0 Å². The van der Waals surface area contributed by atoms with Crippen molar-refractivity contribution in [2.75, 3.05) is 0 Å². The van der Waals surface area contributed by atoms with Gasteiger partial charge in [-0.3, -0.25) is 0 Å². The summed E-state index contributed by atoms with van der Waals surface area (Å²) in [4.78, 5) is 0. The number of hydrogen-bond acceptors (Lipinski definition) is 0. The monoisotopic (exact) mass is 118 g/mol. The molecule has 0 aliphatic rings. The van der Waals surface area contributed by atoms with Gasteiger partial charge in [-0.1, -0.05) is 43.0 Å². The summed E-state index contributed by atoms with van der Waals surface area (Å²) in [6.07, 6.45) is 1.83. The van der Waals surface area contributed by atoms with Gasteiger partial charge in [0.1, 0.15) is 0 Å². The van der Waals surface area contributed by atoms with E-state index in [-0.39, 0.29) is 37.7 Å². The Morgan fingerprint density at radius 3 is 1.80 bits per heavy atom. The quantitative estimate of drug-likeness (QED) is 0.491. The van der Waals surface area contributed by atoms with Crippen LogP contribution in [0.2, 0.25) is 0 Å². The Labute approximate surface area is 86.1 Å². The molecule has 0 N–H and O–H groups in total. The first kappa shape index (κ1) is 12.8. The van der Waals surface area contributed by atoms with Crippen molar-refractivity contribution in [1.29, 1.82) is 0 Å². The first-order chi connectivity index (χ1) is 3.93. The molecule has 0 atom stereocenters. The van der Waals surface area contributed by atoms with Gasteiger partial charge in [0.15, 0.2) is 0 Å². The number of hydrogen-bond donors (Lipinski definition) is 0. The van der Waals surface area contributed by atoms with E-state index in [0.717, 1.165) is 0 Å². The minimum absolute atomic E-state index is 0. The molecular formula is C8H8Li2. The largest absolute Gasteiger partial charge is 0.0985 e. The normalized spacial score (nSPS) is 6.80. The van der Waals surface area contributed by atoms with E-state index in [4.69, 9.17) is 0 Å². The minimum atomic E-state index is 0. The van der Waals surface area contributed by atoms with Crippen molar-refractivity contribution < 1.29 is 0 Å². The van der Waals surface area contributed by atoms with Gasteiger partial charge in [-0.25, -0.2) is 0 Å². The molecule has 0 aliphatic carbocycles. The second kappa shape index (κ2) is 7.26. The fourth-order valence-corrected chi connectivity index (χ4v) is 0.589. The van der Waals surface area contributed by atoms with Gasteiger partial charge in [0, 0.05) is 37.7 Å². The molecule has 0 aromatic heterocycles. The second-order valence-electron chi connectivity index (χ2n) is 1.61. The van der Waals surface area contributed by atoms with Crippen LogP contribution in [0.5, 0.6) is 0 Å². The molecule has 1 aromatic rings. The summed E-state index contributed by atoms with van der Waals surface area (Å²) in [5.74, 6) is 0. The standard InChI is InChI=1S/C8H8.2Li/c1-2-8-6-4-3-5-7-8;;/h2-7H,1H2;;. The zero-order valence-electron chi connectivity index (χ0n) is 6.67. The zero-order valence-corrected chi connectivity index (χ0v) is 6.67. The third kappa shape index (κ3) is 4.05. The Balaban J connectivity index is 0. The Bertz CT molecular complexity index is 170. The van der Waals surface area contributed by atoms with Crippen LogP contribution in [0.4, 0.5) is 0 Å². The summed E-state index contributed by atoms with van der Waals surface area (Å²) in [6.45, 7) is 3.63. The topological polar surface area (TPSA) is 0 Å². The van der Waals surface area contributed by atoms with Crippen LogP contribution in [0.15, 0.2) is 36.9 Å². The molecule has 0 saturated heterocycles. The molecule has 2 heteroatoms. The van der Waals surface area contributed by atoms with Crippen molar-refractivity contribution in [2.45, 2.75) is 0 Å². The van der Waals surface area contributed by atoms with E-state index in [2.05, 4.69) is 6.58 Å². The molecule has 0 aliphatic heterocycles. The molecule has 0 fully saturated rings. The van der Waals surface area contributed by atoms with E-state index >= 15 is 0 Å². The SMILES string of the molecule is C=Cc1ccccc1.[Li].[Li]. The van der Waals surface area contributed by atoms with Gasteiger partial charge in [-0.05, 0) is 5.56 Å². The molecule has 0 saturated carbocycles. The Morgan fingerprint density at radius 2 is 1.50 bits per heavy atom. The van der Waals surface area contributed by atoms with Crippen LogP contribution in [-0.2, 0) is 0 Å². The Kier molecular flexibility index (Phi) is 9.30. The predicted molar refractivity (Wildman–Crippen MR) is 48.0 cm³/mol. The predicted octanol–water partition coefficient (Wildman–Crippen LogP) is 1.57. The van der Waals surface area contributed by atoms with Crippen molar-refractivity contribution in [3.63, 3.8) is 0 Å². The molecule has 1 aromatic carbocycles. The smallest absolute Gasteiger partial charge is 0 e. The summed E-state index contributed by atoms with van der Waals surface area (Å²) in [7, 11) is 0. The molecular weight excluding hydrogens is 110 g/mol. The van der Waals surface area contributed by atoms with Gasteiger partial charge < -0.3 is 0 Å². The van der Waals surface area contributed by atoms with E-state index in [1.807, 2.05) is 36.4 Å². The summed E-state index contributed by atoms with van der Waals surface area (Å²) in [5, 5.41) is 0. The van der Waals surface area contributed by atoms with Gasteiger partial charge in [-0.15, -0.1) is 0 Å². The van der Waals surface area contributed by atoms with E-state index in [9.17, 15) is 0 Å². The van der Waals surface area contributed by atoms with Crippen LogP contribution in [0, 0.1) is 0 Å². The summed E-state index contributed by atoms with van der Waals surface area (Å²) in [5.41, 5.74) is 1.17. The molecule has 10 heavy (non-hydrogen) atoms. The first-order valence-corrected chi connectivity index (χ1v) is 2.61. The van der Waals surface area contributed by atoms with Crippen molar-refractivity contribution in [3.8, 4) is 0 Å². The summed E-state index contributed by atoms with van der Waals surface area (Å²) < 4.78 is 0. The average Bonchev–Trinajstić information content (AvgIpc) is 1.90. The van der Waals surface area contributed by atoms with E-state index in [0.29, 0.717) is 0 Å². The maximum Gasteiger partial charge on any atom is 0 e. The molecule has 0 spiro atoms. The van der Waals surface area contributed by atoms with Crippen molar-refractivity contribution in [1.82, 2.24) is 0 Å². The Morgan fingerprint density at radius 1 is 1.00 bits per heavy atom. The minimum Gasteiger partial charge on any atom is -0.0985 e. The maximum absolute atomic E-state index is 3.63. The van der Waals surface area contributed by atoms with Gasteiger partial charge in [-0.2, -0.15) is 0 Å². The molecule has 0 unspecified atom stereocenters. The number of benzene rings is 1. The fourth-order valence-electron chi connectivity index (χ4n) is 0.589. The van der Waals surface area contributed by atoms with Gasteiger partial charge >= 0.3 is 0 Å². The third-order valence-corrected chi connectivity index (χ3v) is 1.04. The summed E-state index contributed by atoms with van der Waals surface area (Å²) >= 11 is 0. The van der Waals surface area contributed by atoms with Crippen LogP contribution in [0.3, 0.4) is 0 Å². The summed E-state index contributed by atoms with van der Waals surface area (Å²) in [6, 6.07) is 10.0. The Hall–Kier alpha value is 0.155. The van der Waals surface area contributed by atoms with Gasteiger partial charge in [0.2, 0.25) is 0 Å². The fraction of sp³-hybridized carbons (Fsp3) is 0.